The Bertz CT molecular complexity index is 879. The Labute approximate surface area is 155 Å². The van der Waals surface area contributed by atoms with Gasteiger partial charge in [0.1, 0.15) is 10.1 Å². The van der Waals surface area contributed by atoms with Crippen molar-refractivity contribution in [3.05, 3.63) is 96.3 Å². The Balaban J connectivity index is 0.000000197. The van der Waals surface area contributed by atoms with Crippen molar-refractivity contribution in [2.75, 3.05) is 0 Å². The Kier molecular flexibility index (Phi) is 6.29. The average molecular weight is 369 g/mol. The Morgan fingerprint density at radius 1 is 0.808 bits per heavy atom. The van der Waals surface area contributed by atoms with E-state index in [2.05, 4.69) is 73.3 Å². The third kappa shape index (κ3) is 5.25. The molecule has 0 bridgehead atoms. The summed E-state index contributed by atoms with van der Waals surface area (Å²) >= 11 is 0. The molecule has 26 heavy (non-hydrogen) atoms. The van der Waals surface area contributed by atoms with Crippen LogP contribution in [0.1, 0.15) is 25.0 Å². The van der Waals surface area contributed by atoms with Crippen LogP contribution in [0.2, 0.25) is 0 Å². The van der Waals surface area contributed by atoms with Gasteiger partial charge in [0, 0.05) is 31.5 Å². The summed E-state index contributed by atoms with van der Waals surface area (Å²) in [5.41, 5.74) is 2.25. The van der Waals surface area contributed by atoms with Crippen LogP contribution in [0.3, 0.4) is 0 Å². The van der Waals surface area contributed by atoms with E-state index in [1.54, 1.807) is 12.1 Å². The standard InChI is InChI=1S/C14H16N.C7H8O3S/c1-14(2,13-9-5-3-6-10-13)15-11-7-4-8-12-15;1-6-2-4-7(5-3-6)11(8,9)10/h3-12H,1-2H3;2-5H,1H3,(H,8,9,10)/q+1;/p-1. The fraction of sp³-hybridized carbons (Fsp3) is 0.190. The lowest BCUT2D eigenvalue weighted by molar-refractivity contribution is -0.747. The number of benzene rings is 2. The first-order valence-corrected chi connectivity index (χ1v) is 9.67. The summed E-state index contributed by atoms with van der Waals surface area (Å²) in [6.45, 7) is 6.27. The van der Waals surface area contributed by atoms with Crippen LogP contribution in [0.25, 0.3) is 0 Å². The third-order valence-electron chi connectivity index (χ3n) is 4.15. The van der Waals surface area contributed by atoms with Crippen LogP contribution in [0.15, 0.2) is 90.1 Å². The van der Waals surface area contributed by atoms with E-state index in [4.69, 9.17) is 0 Å². The van der Waals surface area contributed by atoms with Crippen molar-refractivity contribution in [2.24, 2.45) is 0 Å². The molecule has 136 valence electrons. The van der Waals surface area contributed by atoms with Gasteiger partial charge >= 0.3 is 0 Å². The van der Waals surface area contributed by atoms with Crippen molar-refractivity contribution in [1.82, 2.24) is 0 Å². The molecule has 3 rings (SSSR count). The lowest BCUT2D eigenvalue weighted by Gasteiger charge is -2.19. The summed E-state index contributed by atoms with van der Waals surface area (Å²) in [6, 6.07) is 22.5. The predicted molar refractivity (Wildman–Crippen MR) is 101 cm³/mol. The van der Waals surface area contributed by atoms with Gasteiger partial charge in [0.2, 0.25) is 0 Å². The Morgan fingerprint density at radius 3 is 1.81 bits per heavy atom. The summed E-state index contributed by atoms with van der Waals surface area (Å²) in [7, 11) is -4.27. The SMILES string of the molecule is CC(C)(c1ccccc1)[n+]1ccccc1.Cc1ccc(S(=O)(=O)[O-])cc1. The van der Waals surface area contributed by atoms with Gasteiger partial charge in [0.05, 0.1) is 4.90 Å². The largest absolute Gasteiger partial charge is 0.744 e. The van der Waals surface area contributed by atoms with Crippen LogP contribution >= 0.6 is 0 Å². The van der Waals surface area contributed by atoms with Crippen molar-refractivity contribution in [3.63, 3.8) is 0 Å². The van der Waals surface area contributed by atoms with E-state index in [-0.39, 0.29) is 10.4 Å². The van der Waals surface area contributed by atoms with Gasteiger partial charge in [-0.15, -0.1) is 0 Å². The van der Waals surface area contributed by atoms with Crippen LogP contribution in [-0.4, -0.2) is 13.0 Å². The number of hydrogen-bond donors (Lipinski definition) is 0. The van der Waals surface area contributed by atoms with Crippen molar-refractivity contribution in [3.8, 4) is 0 Å². The molecule has 0 unspecified atom stereocenters. The second-order valence-corrected chi connectivity index (χ2v) is 7.85. The number of pyridine rings is 1. The van der Waals surface area contributed by atoms with Gasteiger partial charge in [-0.25, -0.2) is 8.42 Å². The first-order valence-electron chi connectivity index (χ1n) is 8.26. The molecular formula is C21H23NO3S. The molecule has 2 aromatic carbocycles. The fourth-order valence-corrected chi connectivity index (χ4v) is 2.94. The normalized spacial score (nSPS) is 11.4. The average Bonchev–Trinajstić information content (AvgIpc) is 2.63. The lowest BCUT2D eigenvalue weighted by atomic mass is 9.94. The molecule has 0 fully saturated rings. The summed E-state index contributed by atoms with van der Waals surface area (Å²) < 4.78 is 33.4. The van der Waals surface area contributed by atoms with Gasteiger partial charge in [-0.05, 0) is 19.1 Å². The van der Waals surface area contributed by atoms with E-state index in [0.717, 1.165) is 5.56 Å². The molecule has 0 aliphatic rings. The van der Waals surface area contributed by atoms with E-state index >= 15 is 0 Å². The highest BCUT2D eigenvalue weighted by molar-refractivity contribution is 7.85. The van der Waals surface area contributed by atoms with Crippen LogP contribution in [-0.2, 0) is 15.7 Å². The lowest BCUT2D eigenvalue weighted by Crippen LogP contribution is -2.52. The topological polar surface area (TPSA) is 61.1 Å². The molecule has 0 aliphatic heterocycles. The summed E-state index contributed by atoms with van der Waals surface area (Å²) in [5, 5.41) is 0. The molecular weight excluding hydrogens is 346 g/mol. The number of hydrogen-bond acceptors (Lipinski definition) is 3. The van der Waals surface area contributed by atoms with Crippen molar-refractivity contribution in [2.45, 2.75) is 31.2 Å². The number of rotatable bonds is 3. The van der Waals surface area contributed by atoms with Gasteiger partial charge in [0.25, 0.3) is 0 Å². The molecule has 0 N–H and O–H groups in total. The monoisotopic (exact) mass is 369 g/mol. The first-order chi connectivity index (χ1) is 12.2. The van der Waals surface area contributed by atoms with E-state index in [1.807, 2.05) is 13.0 Å². The molecule has 5 heteroatoms. The number of nitrogens with zero attached hydrogens (tertiary/aromatic N) is 1. The van der Waals surface area contributed by atoms with Gasteiger partial charge in [0.15, 0.2) is 17.9 Å². The maximum atomic E-state index is 10.4. The quantitative estimate of drug-likeness (QED) is 0.523. The van der Waals surface area contributed by atoms with Gasteiger partial charge in [-0.2, -0.15) is 4.57 Å². The van der Waals surface area contributed by atoms with Crippen LogP contribution < -0.4 is 4.57 Å². The smallest absolute Gasteiger partial charge is 0.187 e. The highest BCUT2D eigenvalue weighted by atomic mass is 32.2. The molecule has 0 saturated carbocycles. The first kappa shape index (κ1) is 19.8. The zero-order valence-corrected chi connectivity index (χ0v) is 16.0. The van der Waals surface area contributed by atoms with Crippen molar-refractivity contribution in [1.29, 1.82) is 0 Å². The summed E-state index contributed by atoms with van der Waals surface area (Å²) in [5.74, 6) is 0. The Hall–Kier alpha value is -2.50. The molecule has 1 aromatic heterocycles. The second-order valence-electron chi connectivity index (χ2n) is 6.47. The maximum Gasteiger partial charge on any atom is 0.187 e. The van der Waals surface area contributed by atoms with E-state index < -0.39 is 10.1 Å². The minimum atomic E-state index is -4.27. The number of aromatic nitrogens is 1. The highest BCUT2D eigenvalue weighted by Crippen LogP contribution is 2.18. The van der Waals surface area contributed by atoms with E-state index in [0.29, 0.717) is 0 Å². The molecule has 3 aromatic rings. The highest BCUT2D eigenvalue weighted by Gasteiger charge is 2.29. The predicted octanol–water partition coefficient (Wildman–Crippen LogP) is 3.66. The van der Waals surface area contributed by atoms with Gasteiger partial charge in [-0.1, -0.05) is 54.1 Å². The van der Waals surface area contributed by atoms with Crippen LogP contribution in [0.5, 0.6) is 0 Å². The minimum absolute atomic E-state index is 0.00250. The number of aryl methyl sites for hydroxylation is 1. The maximum absolute atomic E-state index is 10.4. The molecule has 0 amide bonds. The second kappa shape index (κ2) is 8.25. The summed E-state index contributed by atoms with van der Waals surface area (Å²) in [6.07, 6.45) is 4.21. The molecule has 1 heterocycles. The van der Waals surface area contributed by atoms with Crippen molar-refractivity contribution >= 4 is 10.1 Å². The van der Waals surface area contributed by atoms with Crippen molar-refractivity contribution < 1.29 is 17.5 Å². The molecule has 0 saturated heterocycles. The zero-order valence-electron chi connectivity index (χ0n) is 15.2. The van der Waals surface area contributed by atoms with Crippen LogP contribution in [0, 0.1) is 6.92 Å². The zero-order chi connectivity index (χ0) is 19.2. The van der Waals surface area contributed by atoms with Crippen LogP contribution in [0.4, 0.5) is 0 Å². The molecule has 0 aliphatic carbocycles. The Morgan fingerprint density at radius 2 is 1.31 bits per heavy atom. The fourth-order valence-electron chi connectivity index (χ4n) is 2.47. The molecule has 0 radical (unpaired) electrons. The third-order valence-corrected chi connectivity index (χ3v) is 5.00. The minimum Gasteiger partial charge on any atom is -0.744 e. The molecule has 0 atom stereocenters. The van der Waals surface area contributed by atoms with Gasteiger partial charge < -0.3 is 4.55 Å². The van der Waals surface area contributed by atoms with E-state index in [1.165, 1.54) is 17.7 Å². The van der Waals surface area contributed by atoms with E-state index in [9.17, 15) is 13.0 Å². The summed E-state index contributed by atoms with van der Waals surface area (Å²) in [4.78, 5) is -0.178. The van der Waals surface area contributed by atoms with Gasteiger partial charge in [-0.3, -0.25) is 0 Å². The molecule has 4 nitrogen and oxygen atoms in total. The molecule has 0 spiro atoms.